The Morgan fingerprint density at radius 1 is 1.16 bits per heavy atom. The van der Waals surface area contributed by atoms with E-state index in [9.17, 15) is 5.11 Å². The predicted molar refractivity (Wildman–Crippen MR) is 96.6 cm³/mol. The van der Waals surface area contributed by atoms with Crippen molar-refractivity contribution in [1.29, 1.82) is 0 Å². The number of rotatable bonds is 5. The van der Waals surface area contributed by atoms with Gasteiger partial charge in [-0.25, -0.2) is 0 Å². The molecule has 2 heterocycles. The number of ether oxygens (including phenoxy) is 3. The first kappa shape index (κ1) is 18.7. The molecule has 2 aliphatic rings. The van der Waals surface area contributed by atoms with Crippen LogP contribution >= 0.6 is 11.6 Å². The van der Waals surface area contributed by atoms with Gasteiger partial charge in [-0.05, 0) is 18.1 Å². The van der Waals surface area contributed by atoms with Gasteiger partial charge in [0.15, 0.2) is 11.5 Å². The van der Waals surface area contributed by atoms with Crippen LogP contribution in [0.1, 0.15) is 12.0 Å². The number of likely N-dealkylation sites (tertiary alicyclic amines) is 1. The first-order valence-electron chi connectivity index (χ1n) is 8.75. The molecule has 0 amide bonds. The maximum absolute atomic E-state index is 10.6. The minimum atomic E-state index is -0.356. The van der Waals surface area contributed by atoms with Gasteiger partial charge in [0.05, 0.1) is 33.5 Å². The number of hydrogen-bond donors (Lipinski definition) is 1. The van der Waals surface area contributed by atoms with Crippen LogP contribution in [0, 0.1) is 0 Å². The molecule has 0 saturated carbocycles. The number of methoxy groups -OCH3 is 2. The Bertz CT molecular complexity index is 580. The predicted octanol–water partition coefficient (Wildman–Crippen LogP) is 1.62. The van der Waals surface area contributed by atoms with E-state index >= 15 is 0 Å². The SMILES string of the molecule is COc1cc(Cl)c(CN2CC[C@@H](N3CCOCC3)[C@H](O)C2)cc1OC. The number of hydrogen-bond acceptors (Lipinski definition) is 6. The molecule has 0 unspecified atom stereocenters. The van der Waals surface area contributed by atoms with Crippen molar-refractivity contribution in [3.05, 3.63) is 22.7 Å². The lowest BCUT2D eigenvalue weighted by molar-refractivity contribution is -0.0534. The Kier molecular flexibility index (Phi) is 6.41. The number of β-amino-alcohol motifs (C(OH)–C–C–N with tert-alkyl or cyclic N) is 1. The number of aliphatic hydroxyl groups excluding tert-OH is 1. The van der Waals surface area contributed by atoms with Gasteiger partial charge in [0.2, 0.25) is 0 Å². The average Bonchev–Trinajstić information content (AvgIpc) is 2.64. The summed E-state index contributed by atoms with van der Waals surface area (Å²) < 4.78 is 16.1. The quantitative estimate of drug-likeness (QED) is 0.850. The molecule has 1 aromatic carbocycles. The summed E-state index contributed by atoms with van der Waals surface area (Å²) >= 11 is 6.40. The van der Waals surface area contributed by atoms with Crippen molar-refractivity contribution < 1.29 is 19.3 Å². The molecule has 0 radical (unpaired) electrons. The number of piperidine rings is 1. The molecule has 1 aromatic rings. The summed E-state index contributed by atoms with van der Waals surface area (Å²) in [7, 11) is 3.22. The molecule has 2 saturated heterocycles. The van der Waals surface area contributed by atoms with E-state index < -0.39 is 0 Å². The summed E-state index contributed by atoms with van der Waals surface area (Å²) in [6, 6.07) is 3.93. The molecule has 0 aromatic heterocycles. The highest BCUT2D eigenvalue weighted by molar-refractivity contribution is 6.31. The first-order chi connectivity index (χ1) is 12.1. The largest absolute Gasteiger partial charge is 0.493 e. The number of nitrogens with zero attached hydrogens (tertiary/aromatic N) is 2. The first-order valence-corrected chi connectivity index (χ1v) is 9.12. The number of halogens is 1. The Labute approximate surface area is 154 Å². The van der Waals surface area contributed by atoms with Crippen LogP contribution in [0.5, 0.6) is 11.5 Å². The van der Waals surface area contributed by atoms with Gasteiger partial charge in [0.1, 0.15) is 0 Å². The van der Waals surface area contributed by atoms with Crippen molar-refractivity contribution in [2.45, 2.75) is 25.1 Å². The van der Waals surface area contributed by atoms with Gasteiger partial charge in [-0.3, -0.25) is 9.80 Å². The minimum absolute atomic E-state index is 0.223. The standard InChI is InChI=1S/C18H27ClN2O4/c1-23-17-9-13(14(19)10-18(17)24-2)11-20-4-3-15(16(22)12-20)21-5-7-25-8-6-21/h9-10,15-16,22H,3-8,11-12H2,1-2H3/t15-,16-/m1/s1. The topological polar surface area (TPSA) is 54.4 Å². The zero-order chi connectivity index (χ0) is 17.8. The fraction of sp³-hybridized carbons (Fsp3) is 0.667. The summed E-state index contributed by atoms with van der Waals surface area (Å²) in [5, 5.41) is 11.3. The zero-order valence-corrected chi connectivity index (χ0v) is 15.7. The van der Waals surface area contributed by atoms with Crippen molar-refractivity contribution in [1.82, 2.24) is 9.80 Å². The molecule has 0 spiro atoms. The fourth-order valence-corrected chi connectivity index (χ4v) is 3.94. The molecule has 7 heteroatoms. The monoisotopic (exact) mass is 370 g/mol. The molecule has 140 valence electrons. The molecule has 3 rings (SSSR count). The fourth-order valence-electron chi connectivity index (χ4n) is 3.72. The molecule has 0 aliphatic carbocycles. The maximum Gasteiger partial charge on any atom is 0.162 e. The third-order valence-corrected chi connectivity index (χ3v) is 5.44. The summed E-state index contributed by atoms with van der Waals surface area (Å²) in [4.78, 5) is 4.60. The van der Waals surface area contributed by atoms with Crippen molar-refractivity contribution in [2.75, 3.05) is 53.6 Å². The van der Waals surface area contributed by atoms with E-state index in [4.69, 9.17) is 25.8 Å². The van der Waals surface area contributed by atoms with Gasteiger partial charge in [0.25, 0.3) is 0 Å². The van der Waals surface area contributed by atoms with E-state index in [0.717, 1.165) is 44.8 Å². The maximum atomic E-state index is 10.6. The van der Waals surface area contributed by atoms with Crippen LogP contribution in [0.15, 0.2) is 12.1 Å². The van der Waals surface area contributed by atoms with E-state index in [1.165, 1.54) is 0 Å². The van der Waals surface area contributed by atoms with Crippen LogP contribution in [0.4, 0.5) is 0 Å². The second-order valence-electron chi connectivity index (χ2n) is 6.61. The van der Waals surface area contributed by atoms with Crippen molar-refractivity contribution in [2.24, 2.45) is 0 Å². The Morgan fingerprint density at radius 2 is 1.84 bits per heavy atom. The van der Waals surface area contributed by atoms with Gasteiger partial charge >= 0.3 is 0 Å². The van der Waals surface area contributed by atoms with Gasteiger partial charge in [0, 0.05) is 49.9 Å². The number of benzene rings is 1. The molecule has 2 aliphatic heterocycles. The Balaban J connectivity index is 1.63. The van der Waals surface area contributed by atoms with E-state index in [0.29, 0.717) is 29.6 Å². The molecular formula is C18H27ClN2O4. The minimum Gasteiger partial charge on any atom is -0.493 e. The second-order valence-corrected chi connectivity index (χ2v) is 7.01. The van der Waals surface area contributed by atoms with E-state index in [2.05, 4.69) is 9.80 Å². The second kappa shape index (κ2) is 8.56. The number of morpholine rings is 1. The summed E-state index contributed by atoms with van der Waals surface area (Å²) in [6.45, 7) is 5.59. The molecule has 2 fully saturated rings. The van der Waals surface area contributed by atoms with Crippen LogP contribution in [0.25, 0.3) is 0 Å². The van der Waals surface area contributed by atoms with Crippen LogP contribution in [-0.2, 0) is 11.3 Å². The van der Waals surface area contributed by atoms with Crippen LogP contribution in [-0.4, -0.2) is 80.7 Å². The van der Waals surface area contributed by atoms with Gasteiger partial charge in [-0.2, -0.15) is 0 Å². The zero-order valence-electron chi connectivity index (χ0n) is 14.9. The van der Waals surface area contributed by atoms with E-state index in [1.807, 2.05) is 6.07 Å². The van der Waals surface area contributed by atoms with E-state index in [1.54, 1.807) is 20.3 Å². The average molecular weight is 371 g/mol. The van der Waals surface area contributed by atoms with Crippen molar-refractivity contribution in [3.63, 3.8) is 0 Å². The summed E-state index contributed by atoms with van der Waals surface area (Å²) in [5.74, 6) is 1.30. The van der Waals surface area contributed by atoms with Gasteiger partial charge in [-0.15, -0.1) is 0 Å². The van der Waals surface area contributed by atoms with Crippen LogP contribution in [0.2, 0.25) is 5.02 Å². The number of aliphatic hydroxyl groups is 1. The summed E-state index contributed by atoms with van der Waals surface area (Å²) in [6.07, 6.45) is 0.595. The molecule has 1 N–H and O–H groups in total. The third kappa shape index (κ3) is 4.38. The van der Waals surface area contributed by atoms with Gasteiger partial charge in [-0.1, -0.05) is 11.6 Å². The third-order valence-electron chi connectivity index (χ3n) is 5.09. The molecule has 0 bridgehead atoms. The Hall–Kier alpha value is -1.05. The summed E-state index contributed by atoms with van der Waals surface area (Å²) in [5.41, 5.74) is 0.983. The van der Waals surface area contributed by atoms with Crippen LogP contribution in [0.3, 0.4) is 0 Å². The molecule has 2 atom stereocenters. The highest BCUT2D eigenvalue weighted by Crippen LogP contribution is 2.34. The lowest BCUT2D eigenvalue weighted by atomic mass is 9.99. The van der Waals surface area contributed by atoms with Gasteiger partial charge < -0.3 is 19.3 Å². The Morgan fingerprint density at radius 3 is 2.48 bits per heavy atom. The lowest BCUT2D eigenvalue weighted by Crippen LogP contribution is -2.56. The highest BCUT2D eigenvalue weighted by atomic mass is 35.5. The molecule has 6 nitrogen and oxygen atoms in total. The lowest BCUT2D eigenvalue weighted by Gasteiger charge is -2.43. The van der Waals surface area contributed by atoms with Crippen molar-refractivity contribution >= 4 is 11.6 Å². The smallest absolute Gasteiger partial charge is 0.162 e. The normalized spacial score (nSPS) is 25.8. The molecule has 25 heavy (non-hydrogen) atoms. The van der Waals surface area contributed by atoms with Crippen molar-refractivity contribution in [3.8, 4) is 11.5 Å². The molecular weight excluding hydrogens is 344 g/mol. The highest BCUT2D eigenvalue weighted by Gasteiger charge is 2.33. The van der Waals surface area contributed by atoms with Crippen LogP contribution < -0.4 is 9.47 Å². The van der Waals surface area contributed by atoms with E-state index in [-0.39, 0.29) is 12.1 Å².